The summed E-state index contributed by atoms with van der Waals surface area (Å²) >= 11 is 0. The molecule has 0 amide bonds. The van der Waals surface area contributed by atoms with E-state index in [2.05, 4.69) is 62.4 Å². The van der Waals surface area contributed by atoms with Crippen molar-refractivity contribution in [3.05, 3.63) is 71.8 Å². The Balaban J connectivity index is 0.00000124. The predicted molar refractivity (Wildman–Crippen MR) is 258 cm³/mol. The molecular weight excluding hydrogens is 946 g/mol. The molecule has 4 unspecified atom stereocenters. The number of esters is 2. The van der Waals surface area contributed by atoms with Crippen molar-refractivity contribution in [2.75, 3.05) is 0 Å². The summed E-state index contributed by atoms with van der Waals surface area (Å²) in [7, 11) is 0. The maximum Gasteiger partial charge on any atom is 2.00 e. The quantitative estimate of drug-likeness (QED) is 0.0358. The van der Waals surface area contributed by atoms with E-state index in [4.69, 9.17) is 18.9 Å². The minimum Gasteiger partial charge on any atom is -0.550 e. The number of hydrogen-bond acceptors (Lipinski definition) is 10. The SMILES string of the molecule is CCCCCC(CCCCCCC(CCCCC(=O)[O-])OC(C)=O)OCc1ccccc1.CCCCCC(CCCCCCC(CCCCC(=O)[O-])OC(C)=O)OCc1ccccc1.[Ba+2]. The number of carboxylic acid groups (broad SMARTS) is 2. The van der Waals surface area contributed by atoms with Gasteiger partial charge in [-0.1, -0.05) is 152 Å². The minimum absolute atomic E-state index is 0. The first-order chi connectivity index (χ1) is 31.0. The Labute approximate surface area is 434 Å². The van der Waals surface area contributed by atoms with Crippen LogP contribution >= 0.6 is 0 Å². The zero-order chi connectivity index (χ0) is 46.9. The Morgan fingerprint density at radius 2 is 0.692 bits per heavy atom. The van der Waals surface area contributed by atoms with Crippen molar-refractivity contribution in [1.82, 2.24) is 0 Å². The van der Waals surface area contributed by atoms with Crippen molar-refractivity contribution in [2.45, 2.75) is 245 Å². The van der Waals surface area contributed by atoms with Gasteiger partial charge in [-0.05, 0) is 114 Å². The number of unbranched alkanes of at least 4 members (excludes halogenated alkanes) is 12. The van der Waals surface area contributed by atoms with Gasteiger partial charge in [-0.2, -0.15) is 0 Å². The molecule has 0 aliphatic heterocycles. The van der Waals surface area contributed by atoms with E-state index in [0.29, 0.717) is 38.3 Å². The minimum atomic E-state index is -1.02. The molecule has 0 fully saturated rings. The molecule has 4 atom stereocenters. The first kappa shape index (κ1) is 62.8. The molecule has 2 aromatic rings. The molecule has 0 heterocycles. The first-order valence-electron chi connectivity index (χ1n) is 25.1. The number of benzene rings is 2. The molecule has 65 heavy (non-hydrogen) atoms. The van der Waals surface area contributed by atoms with Gasteiger partial charge >= 0.3 is 60.8 Å². The Morgan fingerprint density at radius 1 is 0.415 bits per heavy atom. The average molecular weight is 1030 g/mol. The molecule has 0 spiro atoms. The molecule has 0 radical (unpaired) electrons. The summed E-state index contributed by atoms with van der Waals surface area (Å²) in [5, 5.41) is 21.0. The normalized spacial score (nSPS) is 12.7. The van der Waals surface area contributed by atoms with Gasteiger partial charge < -0.3 is 38.7 Å². The number of hydrogen-bond donors (Lipinski definition) is 0. The number of rotatable bonds is 40. The molecule has 11 heteroatoms. The average Bonchev–Trinajstić information content (AvgIpc) is 3.27. The molecule has 364 valence electrons. The number of aliphatic carboxylic acids is 2. The van der Waals surface area contributed by atoms with Crippen LogP contribution in [0.4, 0.5) is 0 Å². The van der Waals surface area contributed by atoms with Crippen LogP contribution in [0.15, 0.2) is 60.7 Å². The number of ether oxygens (including phenoxy) is 4. The Kier molecular flexibility index (Phi) is 42.8. The summed E-state index contributed by atoms with van der Waals surface area (Å²) in [4.78, 5) is 43.7. The summed E-state index contributed by atoms with van der Waals surface area (Å²) in [6.45, 7) is 8.68. The fourth-order valence-electron chi connectivity index (χ4n) is 7.91. The van der Waals surface area contributed by atoms with Gasteiger partial charge in [-0.15, -0.1) is 0 Å². The topological polar surface area (TPSA) is 151 Å². The van der Waals surface area contributed by atoms with Gasteiger partial charge in [0.1, 0.15) is 12.2 Å². The summed E-state index contributed by atoms with van der Waals surface area (Å²) in [6, 6.07) is 20.7. The van der Waals surface area contributed by atoms with Crippen LogP contribution in [0.3, 0.4) is 0 Å². The molecule has 10 nitrogen and oxygen atoms in total. The van der Waals surface area contributed by atoms with Crippen LogP contribution < -0.4 is 10.2 Å². The second-order valence-corrected chi connectivity index (χ2v) is 17.5. The molecule has 2 aromatic carbocycles. The molecule has 0 saturated carbocycles. The van der Waals surface area contributed by atoms with E-state index in [0.717, 1.165) is 116 Å². The van der Waals surface area contributed by atoms with Crippen LogP contribution in [0, 0.1) is 0 Å². The van der Waals surface area contributed by atoms with E-state index in [1.807, 2.05) is 12.1 Å². The van der Waals surface area contributed by atoms with Crippen molar-refractivity contribution in [3.63, 3.8) is 0 Å². The maximum atomic E-state index is 11.3. The van der Waals surface area contributed by atoms with Gasteiger partial charge in [0.25, 0.3) is 0 Å². The predicted octanol–water partition coefficient (Wildman–Crippen LogP) is 11.1. The van der Waals surface area contributed by atoms with Gasteiger partial charge in [0.05, 0.1) is 25.4 Å². The van der Waals surface area contributed by atoms with Crippen molar-refractivity contribution < 1.29 is 48.3 Å². The molecular formula is C54H86BaO10. The maximum absolute atomic E-state index is 11.3. The summed E-state index contributed by atoms with van der Waals surface area (Å²) in [5.41, 5.74) is 2.45. The first-order valence-corrected chi connectivity index (χ1v) is 25.1. The van der Waals surface area contributed by atoms with Crippen LogP contribution in [0.5, 0.6) is 0 Å². The van der Waals surface area contributed by atoms with Gasteiger partial charge in [0.2, 0.25) is 0 Å². The van der Waals surface area contributed by atoms with Crippen LogP contribution in [0.2, 0.25) is 0 Å². The zero-order valence-corrected chi connectivity index (χ0v) is 45.5. The van der Waals surface area contributed by atoms with Gasteiger partial charge in [0.15, 0.2) is 0 Å². The van der Waals surface area contributed by atoms with Crippen molar-refractivity contribution in [2.24, 2.45) is 0 Å². The fraction of sp³-hybridized carbons (Fsp3) is 0.704. The van der Waals surface area contributed by atoms with E-state index in [1.54, 1.807) is 0 Å². The zero-order valence-electron chi connectivity index (χ0n) is 41.1. The van der Waals surface area contributed by atoms with Crippen molar-refractivity contribution >= 4 is 72.8 Å². The van der Waals surface area contributed by atoms with E-state index in [9.17, 15) is 29.4 Å². The summed E-state index contributed by atoms with van der Waals surface area (Å²) in [6.07, 6.45) is 27.0. The molecule has 2 rings (SSSR count). The number of carbonyl (C=O) groups is 4. The van der Waals surface area contributed by atoms with Gasteiger partial charge in [-0.25, -0.2) is 0 Å². The van der Waals surface area contributed by atoms with Crippen LogP contribution in [-0.2, 0) is 51.3 Å². The van der Waals surface area contributed by atoms with E-state index in [-0.39, 0.29) is 85.9 Å². The van der Waals surface area contributed by atoms with Crippen molar-refractivity contribution in [3.8, 4) is 0 Å². The fourth-order valence-corrected chi connectivity index (χ4v) is 7.91. The smallest absolute Gasteiger partial charge is 0.550 e. The second-order valence-electron chi connectivity index (χ2n) is 17.5. The Hall–Kier alpha value is -2.19. The molecule has 0 aliphatic rings. The van der Waals surface area contributed by atoms with Gasteiger partial charge in [0, 0.05) is 25.8 Å². The third kappa shape index (κ3) is 40.6. The third-order valence-electron chi connectivity index (χ3n) is 11.5. The third-order valence-corrected chi connectivity index (χ3v) is 11.5. The Morgan fingerprint density at radius 3 is 0.969 bits per heavy atom. The molecule has 0 aromatic heterocycles. The van der Waals surface area contributed by atoms with E-state index < -0.39 is 11.9 Å². The standard InChI is InChI=1S/2C27H44O5.Ba/c2*1-3-4-8-17-25(31-22-24-15-9-7-10-16-24)18-11-5-6-12-19-26(32-23(2)28)20-13-14-21-27(29)30;/h2*7,9-10,15-16,25-26H,3-6,8,11-14,17-22H2,1-2H3,(H,29,30);/q;;+2/p-2. The molecule has 0 aliphatic carbocycles. The summed E-state index contributed by atoms with van der Waals surface area (Å²) < 4.78 is 23.3. The van der Waals surface area contributed by atoms with Crippen LogP contribution in [0.25, 0.3) is 0 Å². The second kappa shape index (κ2) is 44.3. The Bertz CT molecular complexity index is 1320. The summed E-state index contributed by atoms with van der Waals surface area (Å²) in [5.74, 6) is -2.56. The van der Waals surface area contributed by atoms with Gasteiger partial charge in [-0.3, -0.25) is 9.59 Å². The van der Waals surface area contributed by atoms with Crippen LogP contribution in [0.1, 0.15) is 219 Å². The molecule has 0 bridgehead atoms. The number of carboxylic acids is 2. The number of carbonyl (C=O) groups excluding carboxylic acids is 4. The van der Waals surface area contributed by atoms with E-state index in [1.165, 1.54) is 63.5 Å². The van der Waals surface area contributed by atoms with Crippen molar-refractivity contribution in [1.29, 1.82) is 0 Å². The van der Waals surface area contributed by atoms with E-state index >= 15 is 0 Å². The molecule has 0 N–H and O–H groups in total. The molecule has 0 saturated heterocycles. The largest absolute Gasteiger partial charge is 2.00 e. The monoisotopic (exact) mass is 1030 g/mol. The van der Waals surface area contributed by atoms with Crippen LogP contribution in [-0.4, -0.2) is 97.2 Å².